The molecule has 0 saturated carbocycles. The molecule has 0 spiro atoms. The van der Waals surface area contributed by atoms with E-state index in [1.54, 1.807) is 12.1 Å². The number of sulfone groups is 1. The highest BCUT2D eigenvalue weighted by molar-refractivity contribution is 7.91. The predicted octanol–water partition coefficient (Wildman–Crippen LogP) is 3.93. The first kappa shape index (κ1) is 18.1. The molecule has 0 unspecified atom stereocenters. The monoisotopic (exact) mass is 391 g/mol. The van der Waals surface area contributed by atoms with Gasteiger partial charge in [-0.15, -0.1) is 0 Å². The van der Waals surface area contributed by atoms with Gasteiger partial charge in [-0.25, -0.2) is 8.42 Å². The van der Waals surface area contributed by atoms with E-state index in [1.165, 1.54) is 30.3 Å². The van der Waals surface area contributed by atoms with Crippen LogP contribution in [0.3, 0.4) is 0 Å². The standard InChI is InChI=1S/C22H17NO4S/c1-13-9-14(2)11-16(10-13)23-22(25)15-7-8-18-20(12-15)28(26,27)19-6-4-3-5-17(19)21(18)24/h3-12H,1-2H3,(H,23,25). The maximum atomic E-state index is 13.0. The molecule has 0 fully saturated rings. The summed E-state index contributed by atoms with van der Waals surface area (Å²) in [5.41, 5.74) is 3.05. The maximum absolute atomic E-state index is 13.0. The lowest BCUT2D eigenvalue weighted by Gasteiger charge is -2.19. The van der Waals surface area contributed by atoms with Crippen LogP contribution in [0.1, 0.15) is 37.4 Å². The molecule has 1 N–H and O–H groups in total. The topological polar surface area (TPSA) is 80.3 Å². The first-order chi connectivity index (χ1) is 13.3. The lowest BCUT2D eigenvalue weighted by Crippen LogP contribution is -2.21. The predicted molar refractivity (Wildman–Crippen MR) is 106 cm³/mol. The molecule has 28 heavy (non-hydrogen) atoms. The fraction of sp³-hybridized carbons (Fsp3) is 0.0909. The quantitative estimate of drug-likeness (QED) is 0.561. The van der Waals surface area contributed by atoms with Gasteiger partial charge in [0.25, 0.3) is 5.91 Å². The zero-order valence-corrected chi connectivity index (χ0v) is 16.1. The van der Waals surface area contributed by atoms with Gasteiger partial charge in [0.2, 0.25) is 9.84 Å². The zero-order valence-electron chi connectivity index (χ0n) is 15.3. The number of ketones is 1. The highest BCUT2D eigenvalue weighted by Gasteiger charge is 2.35. The summed E-state index contributed by atoms with van der Waals surface area (Å²) < 4.78 is 26.0. The Labute approximate surface area is 162 Å². The summed E-state index contributed by atoms with van der Waals surface area (Å²) in [5.74, 6) is -0.795. The Balaban J connectivity index is 1.76. The normalized spacial score (nSPS) is 14.1. The number of anilines is 1. The Morgan fingerprint density at radius 2 is 1.46 bits per heavy atom. The van der Waals surface area contributed by atoms with Crippen LogP contribution in [0, 0.1) is 13.8 Å². The molecule has 1 amide bonds. The second-order valence-electron chi connectivity index (χ2n) is 6.87. The van der Waals surface area contributed by atoms with Crippen LogP contribution in [0.25, 0.3) is 0 Å². The number of carbonyl (C=O) groups excluding carboxylic acids is 2. The summed E-state index contributed by atoms with van der Waals surface area (Å²) in [4.78, 5) is 25.2. The number of amides is 1. The Morgan fingerprint density at radius 3 is 2.18 bits per heavy atom. The van der Waals surface area contributed by atoms with Crippen molar-refractivity contribution in [1.82, 2.24) is 0 Å². The van der Waals surface area contributed by atoms with Gasteiger partial charge >= 0.3 is 0 Å². The van der Waals surface area contributed by atoms with Crippen molar-refractivity contribution in [2.75, 3.05) is 5.32 Å². The van der Waals surface area contributed by atoms with Gasteiger partial charge in [-0.1, -0.05) is 18.2 Å². The summed E-state index contributed by atoms with van der Waals surface area (Å²) in [7, 11) is -3.88. The lowest BCUT2D eigenvalue weighted by atomic mass is 10.0. The van der Waals surface area contributed by atoms with Crippen molar-refractivity contribution >= 4 is 27.2 Å². The van der Waals surface area contributed by atoms with E-state index in [9.17, 15) is 18.0 Å². The van der Waals surface area contributed by atoms with Crippen LogP contribution in [0.2, 0.25) is 0 Å². The number of aryl methyl sites for hydroxylation is 2. The van der Waals surface area contributed by atoms with Crippen LogP contribution in [-0.2, 0) is 9.84 Å². The van der Waals surface area contributed by atoms with Gasteiger partial charge in [0.15, 0.2) is 5.78 Å². The smallest absolute Gasteiger partial charge is 0.255 e. The van der Waals surface area contributed by atoms with Crippen molar-refractivity contribution in [2.24, 2.45) is 0 Å². The van der Waals surface area contributed by atoms with E-state index in [2.05, 4.69) is 5.32 Å². The van der Waals surface area contributed by atoms with Crippen LogP contribution in [-0.4, -0.2) is 20.1 Å². The van der Waals surface area contributed by atoms with Crippen molar-refractivity contribution in [3.8, 4) is 0 Å². The third-order valence-electron chi connectivity index (χ3n) is 4.68. The van der Waals surface area contributed by atoms with Gasteiger partial charge in [0, 0.05) is 22.4 Å². The third kappa shape index (κ3) is 2.92. The Hall–Kier alpha value is -3.25. The van der Waals surface area contributed by atoms with Crippen molar-refractivity contribution in [3.05, 3.63) is 88.5 Å². The van der Waals surface area contributed by atoms with Gasteiger partial charge < -0.3 is 5.32 Å². The van der Waals surface area contributed by atoms with Gasteiger partial charge in [-0.3, -0.25) is 9.59 Å². The molecule has 6 heteroatoms. The van der Waals surface area contributed by atoms with Gasteiger partial charge in [0.05, 0.1) is 9.79 Å². The third-order valence-corrected chi connectivity index (χ3v) is 6.53. The lowest BCUT2D eigenvalue weighted by molar-refractivity contribution is 0.101. The SMILES string of the molecule is Cc1cc(C)cc(NC(=O)c2ccc3c(c2)S(=O)(=O)c2ccccc2C3=O)c1. The van der Waals surface area contributed by atoms with E-state index >= 15 is 0 Å². The molecule has 3 aromatic rings. The van der Waals surface area contributed by atoms with E-state index in [0.29, 0.717) is 5.69 Å². The van der Waals surface area contributed by atoms with Crippen molar-refractivity contribution < 1.29 is 18.0 Å². The first-order valence-electron chi connectivity index (χ1n) is 8.70. The number of carbonyl (C=O) groups is 2. The molecular weight excluding hydrogens is 374 g/mol. The minimum Gasteiger partial charge on any atom is -0.322 e. The minimum absolute atomic E-state index is 0.0284. The summed E-state index contributed by atoms with van der Waals surface area (Å²) in [6.07, 6.45) is 0. The summed E-state index contributed by atoms with van der Waals surface area (Å²) >= 11 is 0. The minimum atomic E-state index is -3.88. The number of rotatable bonds is 2. The molecule has 1 aliphatic heterocycles. The van der Waals surface area contributed by atoms with Crippen LogP contribution >= 0.6 is 0 Å². The van der Waals surface area contributed by atoms with Crippen LogP contribution in [0.4, 0.5) is 5.69 Å². The van der Waals surface area contributed by atoms with E-state index < -0.39 is 15.7 Å². The molecule has 3 aromatic carbocycles. The van der Waals surface area contributed by atoms with Crippen molar-refractivity contribution in [1.29, 1.82) is 0 Å². The summed E-state index contributed by atoms with van der Waals surface area (Å²) in [5, 5.41) is 2.79. The number of nitrogens with one attached hydrogen (secondary N) is 1. The van der Waals surface area contributed by atoms with Gasteiger partial charge in [0.1, 0.15) is 0 Å². The fourth-order valence-corrected chi connectivity index (χ4v) is 5.15. The molecule has 0 aliphatic carbocycles. The second-order valence-corrected chi connectivity index (χ2v) is 8.76. The van der Waals surface area contributed by atoms with E-state index in [1.807, 2.05) is 32.0 Å². The molecule has 0 saturated heterocycles. The number of hydrogen-bond donors (Lipinski definition) is 1. The van der Waals surface area contributed by atoms with Gasteiger partial charge in [-0.05, 0) is 67.4 Å². The summed E-state index contributed by atoms with van der Waals surface area (Å²) in [6, 6.07) is 15.9. The van der Waals surface area contributed by atoms with Crippen LogP contribution in [0.5, 0.6) is 0 Å². The molecule has 1 aliphatic rings. The first-order valence-corrected chi connectivity index (χ1v) is 10.2. The second kappa shape index (κ2) is 6.42. The molecule has 0 radical (unpaired) electrons. The highest BCUT2D eigenvalue weighted by atomic mass is 32.2. The van der Waals surface area contributed by atoms with E-state index in [0.717, 1.165) is 11.1 Å². The van der Waals surface area contributed by atoms with Gasteiger partial charge in [-0.2, -0.15) is 0 Å². The average molecular weight is 391 g/mol. The van der Waals surface area contributed by atoms with Crippen molar-refractivity contribution in [3.63, 3.8) is 0 Å². The highest BCUT2D eigenvalue weighted by Crippen LogP contribution is 2.34. The average Bonchev–Trinajstić information content (AvgIpc) is 2.65. The molecule has 0 atom stereocenters. The number of benzene rings is 3. The Bertz CT molecular complexity index is 1240. The number of hydrogen-bond acceptors (Lipinski definition) is 4. The van der Waals surface area contributed by atoms with E-state index in [4.69, 9.17) is 0 Å². The number of fused-ring (bicyclic) bond motifs is 2. The zero-order chi connectivity index (χ0) is 20.1. The molecule has 0 bridgehead atoms. The summed E-state index contributed by atoms with van der Waals surface area (Å²) in [6.45, 7) is 3.86. The van der Waals surface area contributed by atoms with Crippen LogP contribution in [0.15, 0.2) is 70.5 Å². The molecular formula is C22H17NO4S. The van der Waals surface area contributed by atoms with Crippen LogP contribution < -0.4 is 5.32 Å². The molecule has 5 nitrogen and oxygen atoms in total. The van der Waals surface area contributed by atoms with Crippen molar-refractivity contribution in [2.45, 2.75) is 23.6 Å². The van der Waals surface area contributed by atoms with E-state index in [-0.39, 0.29) is 32.3 Å². The molecule has 1 heterocycles. The molecule has 140 valence electrons. The maximum Gasteiger partial charge on any atom is 0.255 e. The Morgan fingerprint density at radius 1 is 0.821 bits per heavy atom. The largest absolute Gasteiger partial charge is 0.322 e. The fourth-order valence-electron chi connectivity index (χ4n) is 3.48. The molecule has 4 rings (SSSR count). The molecule has 0 aromatic heterocycles. The Kier molecular flexibility index (Phi) is 4.16.